The van der Waals surface area contributed by atoms with Crippen molar-refractivity contribution in [2.75, 3.05) is 20.3 Å². The minimum absolute atomic E-state index is 0.883. The van der Waals surface area contributed by atoms with Crippen molar-refractivity contribution >= 4 is 0 Å². The molecule has 1 aliphatic heterocycles. The monoisotopic (exact) mass is 265 g/mol. The van der Waals surface area contributed by atoms with Gasteiger partial charge in [0, 0.05) is 51.9 Å². The zero-order valence-electron chi connectivity index (χ0n) is 12.4. The zero-order valence-corrected chi connectivity index (χ0v) is 12.4. The number of nitrogens with one attached hydrogen (secondary N) is 1. The van der Waals surface area contributed by atoms with Crippen LogP contribution in [0.1, 0.15) is 49.8 Å². The highest BCUT2D eigenvalue weighted by atomic mass is 16.5. The third kappa shape index (κ3) is 3.80. The predicted molar refractivity (Wildman–Crippen MR) is 77.4 cm³/mol. The lowest BCUT2D eigenvalue weighted by atomic mass is 10.1. The maximum atomic E-state index is 5.10. The molecule has 1 aromatic heterocycles. The molecule has 19 heavy (non-hydrogen) atoms. The highest BCUT2D eigenvalue weighted by molar-refractivity contribution is 5.20. The molecule has 2 heterocycles. The Morgan fingerprint density at radius 1 is 1.32 bits per heavy atom. The quantitative estimate of drug-likeness (QED) is 0.733. The van der Waals surface area contributed by atoms with Crippen LogP contribution in [-0.4, -0.2) is 29.8 Å². The highest BCUT2D eigenvalue weighted by Crippen LogP contribution is 2.18. The second kappa shape index (κ2) is 7.65. The minimum atomic E-state index is 0.883. The molecule has 0 fully saturated rings. The van der Waals surface area contributed by atoms with Crippen LogP contribution in [0.5, 0.6) is 0 Å². The van der Waals surface area contributed by atoms with Gasteiger partial charge in [-0.1, -0.05) is 6.92 Å². The smallest absolute Gasteiger partial charge is 0.109 e. The van der Waals surface area contributed by atoms with Gasteiger partial charge in [-0.3, -0.25) is 0 Å². The minimum Gasteiger partial charge on any atom is -0.385 e. The average molecular weight is 265 g/mol. The Balaban J connectivity index is 1.98. The van der Waals surface area contributed by atoms with E-state index in [9.17, 15) is 0 Å². The maximum Gasteiger partial charge on any atom is 0.109 e. The van der Waals surface area contributed by atoms with Gasteiger partial charge in [0.25, 0.3) is 0 Å². The van der Waals surface area contributed by atoms with Crippen LogP contribution in [0.2, 0.25) is 0 Å². The van der Waals surface area contributed by atoms with Crippen molar-refractivity contribution < 1.29 is 4.74 Å². The van der Waals surface area contributed by atoms with E-state index >= 15 is 0 Å². The Kier molecular flexibility index (Phi) is 5.86. The lowest BCUT2D eigenvalue weighted by molar-refractivity contribution is 0.191. The Morgan fingerprint density at radius 2 is 2.21 bits per heavy atom. The Hall–Kier alpha value is -0.870. The van der Waals surface area contributed by atoms with Gasteiger partial charge in [-0.2, -0.15) is 0 Å². The molecule has 2 rings (SSSR count). The fourth-order valence-corrected chi connectivity index (χ4v) is 2.80. The molecule has 0 radical (unpaired) electrons. The van der Waals surface area contributed by atoms with Gasteiger partial charge in [0.15, 0.2) is 0 Å². The normalized spacial score (nSPS) is 14.6. The lowest BCUT2D eigenvalue weighted by Gasteiger charge is -2.16. The van der Waals surface area contributed by atoms with Gasteiger partial charge in [0.2, 0.25) is 0 Å². The van der Waals surface area contributed by atoms with Crippen LogP contribution in [0, 0.1) is 0 Å². The van der Waals surface area contributed by atoms with Crippen LogP contribution < -0.4 is 5.32 Å². The standard InChI is InChI=1S/C15H27N3O/c1-3-7-15-17-13-12-16-9-8-14(13)18(15)10-5-4-6-11-19-2/h16H,3-12H2,1-2H3. The van der Waals surface area contributed by atoms with E-state index < -0.39 is 0 Å². The number of rotatable bonds is 8. The van der Waals surface area contributed by atoms with Crippen LogP contribution in [0.3, 0.4) is 0 Å². The number of aryl methyl sites for hydroxylation is 1. The fraction of sp³-hybridized carbons (Fsp3) is 0.800. The summed E-state index contributed by atoms with van der Waals surface area (Å²) in [6, 6.07) is 0. The van der Waals surface area contributed by atoms with Crippen molar-refractivity contribution in [3.8, 4) is 0 Å². The molecule has 0 aromatic carbocycles. The summed E-state index contributed by atoms with van der Waals surface area (Å²) in [6.07, 6.45) is 7.04. The molecule has 1 aliphatic rings. The number of aromatic nitrogens is 2. The summed E-state index contributed by atoms with van der Waals surface area (Å²) in [7, 11) is 1.78. The third-order valence-electron chi connectivity index (χ3n) is 3.77. The molecule has 1 N–H and O–H groups in total. The van der Waals surface area contributed by atoms with E-state index in [0.717, 1.165) is 45.5 Å². The van der Waals surface area contributed by atoms with Crippen LogP contribution in [-0.2, 0) is 30.7 Å². The lowest BCUT2D eigenvalue weighted by Crippen LogP contribution is -2.25. The number of ether oxygens (including phenoxy) is 1. The van der Waals surface area contributed by atoms with Crippen LogP contribution in [0.4, 0.5) is 0 Å². The van der Waals surface area contributed by atoms with Crippen molar-refractivity contribution in [2.45, 2.75) is 58.5 Å². The molecule has 0 spiro atoms. The molecule has 0 aliphatic carbocycles. The zero-order chi connectivity index (χ0) is 13.5. The number of hydrogen-bond donors (Lipinski definition) is 1. The Bertz CT molecular complexity index is 387. The fourth-order valence-electron chi connectivity index (χ4n) is 2.80. The molecule has 108 valence electrons. The van der Waals surface area contributed by atoms with Gasteiger partial charge in [-0.15, -0.1) is 0 Å². The second-order valence-electron chi connectivity index (χ2n) is 5.30. The van der Waals surface area contributed by atoms with E-state index in [2.05, 4.69) is 16.8 Å². The Labute approximate surface area is 116 Å². The summed E-state index contributed by atoms with van der Waals surface area (Å²) in [5.41, 5.74) is 2.76. The molecule has 0 bridgehead atoms. The largest absolute Gasteiger partial charge is 0.385 e. The topological polar surface area (TPSA) is 39.1 Å². The molecular formula is C15H27N3O. The van der Waals surface area contributed by atoms with Crippen molar-refractivity contribution in [2.24, 2.45) is 0 Å². The molecule has 4 nitrogen and oxygen atoms in total. The molecular weight excluding hydrogens is 238 g/mol. The summed E-state index contributed by atoms with van der Waals surface area (Å²) in [4.78, 5) is 4.83. The molecule has 0 unspecified atom stereocenters. The van der Waals surface area contributed by atoms with Crippen molar-refractivity contribution in [3.63, 3.8) is 0 Å². The predicted octanol–water partition coefficient (Wildman–Crippen LogP) is 2.30. The van der Waals surface area contributed by atoms with Gasteiger partial charge in [0.05, 0.1) is 5.69 Å². The van der Waals surface area contributed by atoms with E-state index in [0.29, 0.717) is 0 Å². The average Bonchev–Trinajstić information content (AvgIpc) is 2.77. The van der Waals surface area contributed by atoms with Crippen molar-refractivity contribution in [1.29, 1.82) is 0 Å². The summed E-state index contributed by atoms with van der Waals surface area (Å²) >= 11 is 0. The first-order valence-corrected chi connectivity index (χ1v) is 7.63. The van der Waals surface area contributed by atoms with Gasteiger partial charge < -0.3 is 14.6 Å². The number of hydrogen-bond acceptors (Lipinski definition) is 3. The molecule has 1 aromatic rings. The van der Waals surface area contributed by atoms with E-state index in [1.54, 1.807) is 7.11 Å². The van der Waals surface area contributed by atoms with E-state index in [1.165, 1.54) is 36.5 Å². The Morgan fingerprint density at radius 3 is 3.00 bits per heavy atom. The number of methoxy groups -OCH3 is 1. The van der Waals surface area contributed by atoms with Crippen molar-refractivity contribution in [3.05, 3.63) is 17.2 Å². The van der Waals surface area contributed by atoms with E-state index in [4.69, 9.17) is 9.72 Å². The SMILES string of the molecule is CCCc1nc2c(n1CCCCCOC)CCNC2. The third-order valence-corrected chi connectivity index (χ3v) is 3.77. The highest BCUT2D eigenvalue weighted by Gasteiger charge is 2.18. The maximum absolute atomic E-state index is 5.10. The number of nitrogens with zero attached hydrogens (tertiary/aromatic N) is 2. The molecule has 0 saturated carbocycles. The molecule has 0 saturated heterocycles. The van der Waals surface area contributed by atoms with Gasteiger partial charge >= 0.3 is 0 Å². The first-order chi connectivity index (χ1) is 9.36. The molecule has 0 amide bonds. The summed E-state index contributed by atoms with van der Waals surface area (Å²) < 4.78 is 7.60. The van der Waals surface area contributed by atoms with Gasteiger partial charge in [-0.05, 0) is 25.7 Å². The first-order valence-electron chi connectivity index (χ1n) is 7.63. The second-order valence-corrected chi connectivity index (χ2v) is 5.30. The molecule has 0 atom stereocenters. The van der Waals surface area contributed by atoms with Crippen LogP contribution in [0.15, 0.2) is 0 Å². The van der Waals surface area contributed by atoms with E-state index in [-0.39, 0.29) is 0 Å². The number of unbranched alkanes of at least 4 members (excludes halogenated alkanes) is 2. The first kappa shape index (κ1) is 14.5. The van der Waals surface area contributed by atoms with E-state index in [1.807, 2.05) is 0 Å². The van der Waals surface area contributed by atoms with Gasteiger partial charge in [-0.25, -0.2) is 4.98 Å². The summed E-state index contributed by atoms with van der Waals surface area (Å²) in [5, 5.41) is 3.42. The molecule has 4 heteroatoms. The summed E-state index contributed by atoms with van der Waals surface area (Å²) in [6.45, 7) is 6.28. The van der Waals surface area contributed by atoms with Crippen LogP contribution >= 0.6 is 0 Å². The van der Waals surface area contributed by atoms with Gasteiger partial charge in [0.1, 0.15) is 5.82 Å². The van der Waals surface area contributed by atoms with Crippen LogP contribution in [0.25, 0.3) is 0 Å². The number of imidazole rings is 1. The summed E-state index contributed by atoms with van der Waals surface area (Å²) in [5.74, 6) is 1.29. The van der Waals surface area contributed by atoms with Crippen molar-refractivity contribution in [1.82, 2.24) is 14.9 Å². The number of fused-ring (bicyclic) bond motifs is 1.